The number of rotatable bonds is 10. The Hall–Kier alpha value is -0.860. The van der Waals surface area contributed by atoms with E-state index >= 15 is 0 Å². The lowest BCUT2D eigenvalue weighted by Crippen LogP contribution is -2.43. The van der Waals surface area contributed by atoms with Gasteiger partial charge in [-0.1, -0.05) is 83.6 Å². The van der Waals surface area contributed by atoms with Crippen LogP contribution in [-0.2, 0) is 0 Å². The summed E-state index contributed by atoms with van der Waals surface area (Å²) in [5, 5.41) is 10.8. The summed E-state index contributed by atoms with van der Waals surface area (Å²) in [5.74, 6) is 0.832. The van der Waals surface area contributed by atoms with Gasteiger partial charge < -0.3 is 10.0 Å². The fraction of sp³-hybridized carbons (Fsp3) is 0.739. The molecule has 2 rings (SSSR count). The molecule has 0 spiro atoms. The van der Waals surface area contributed by atoms with E-state index in [1.165, 1.54) is 56.1 Å². The Bertz CT molecular complexity index is 485. The molecule has 2 nitrogen and oxygen atoms in total. The van der Waals surface area contributed by atoms with Gasteiger partial charge >= 0.3 is 0 Å². The van der Waals surface area contributed by atoms with Crippen molar-refractivity contribution in [1.82, 2.24) is 4.90 Å². The van der Waals surface area contributed by atoms with Crippen molar-refractivity contribution in [3.63, 3.8) is 0 Å². The second-order valence-electron chi connectivity index (χ2n) is 8.17. The average Bonchev–Trinajstić information content (AvgIpc) is 2.61. The Morgan fingerprint density at radius 3 is 2.40 bits per heavy atom. The summed E-state index contributed by atoms with van der Waals surface area (Å²) >= 11 is 0. The largest absolute Gasteiger partial charge is 0.391 e. The van der Waals surface area contributed by atoms with Crippen molar-refractivity contribution in [3.05, 3.63) is 35.4 Å². The molecule has 0 saturated carbocycles. The minimum atomic E-state index is -0.224. The molecule has 1 aromatic carbocycles. The van der Waals surface area contributed by atoms with Crippen LogP contribution in [0.3, 0.4) is 0 Å². The first-order chi connectivity index (χ1) is 12.1. The second kappa shape index (κ2) is 11.0. The second-order valence-corrected chi connectivity index (χ2v) is 8.17. The smallest absolute Gasteiger partial charge is 0.0736 e. The first-order valence-corrected chi connectivity index (χ1v) is 10.6. The average molecular weight is 346 g/mol. The lowest BCUT2D eigenvalue weighted by atomic mass is 9.82. The van der Waals surface area contributed by atoms with Gasteiger partial charge in [-0.05, 0) is 43.0 Å². The molecule has 2 unspecified atom stereocenters. The van der Waals surface area contributed by atoms with Gasteiger partial charge in [0.2, 0.25) is 0 Å². The first-order valence-electron chi connectivity index (χ1n) is 10.6. The molecule has 2 heteroatoms. The number of hydrogen-bond donors (Lipinski definition) is 1. The molecule has 0 bridgehead atoms. The molecule has 1 saturated heterocycles. The van der Waals surface area contributed by atoms with Gasteiger partial charge in [0.1, 0.15) is 0 Å². The normalized spacial score (nSPS) is 21.8. The van der Waals surface area contributed by atoms with E-state index in [1.807, 2.05) is 0 Å². The van der Waals surface area contributed by atoms with Crippen molar-refractivity contribution in [3.8, 4) is 0 Å². The van der Waals surface area contributed by atoms with E-state index in [2.05, 4.69) is 49.9 Å². The van der Waals surface area contributed by atoms with E-state index in [9.17, 15) is 5.11 Å². The standard InChI is InChI=1S/C23H39NO/c1-4-5-6-7-8-9-12-16-24-17-15-22(23(25)18-24)21-14-11-10-13-20(21)19(2)3/h10-11,13-14,19,22-23,25H,4-9,12,15-18H2,1-3H3. The summed E-state index contributed by atoms with van der Waals surface area (Å²) in [4.78, 5) is 2.48. The number of nitrogens with zero attached hydrogens (tertiary/aromatic N) is 1. The summed E-state index contributed by atoms with van der Waals surface area (Å²) in [6.45, 7) is 9.90. The highest BCUT2D eigenvalue weighted by molar-refractivity contribution is 5.34. The lowest BCUT2D eigenvalue weighted by molar-refractivity contribution is 0.0502. The Morgan fingerprint density at radius 1 is 1.04 bits per heavy atom. The number of piperidine rings is 1. The van der Waals surface area contributed by atoms with Crippen LogP contribution >= 0.6 is 0 Å². The molecule has 1 aliphatic rings. The van der Waals surface area contributed by atoms with Crippen LogP contribution in [-0.4, -0.2) is 35.7 Å². The van der Waals surface area contributed by atoms with Gasteiger partial charge in [0.25, 0.3) is 0 Å². The minimum Gasteiger partial charge on any atom is -0.391 e. The van der Waals surface area contributed by atoms with Crippen LogP contribution in [0.5, 0.6) is 0 Å². The summed E-state index contributed by atoms with van der Waals surface area (Å²) in [7, 11) is 0. The summed E-state index contributed by atoms with van der Waals surface area (Å²) < 4.78 is 0. The monoisotopic (exact) mass is 345 g/mol. The predicted molar refractivity (Wildman–Crippen MR) is 108 cm³/mol. The Kier molecular flexibility index (Phi) is 8.98. The molecule has 25 heavy (non-hydrogen) atoms. The Morgan fingerprint density at radius 2 is 1.72 bits per heavy atom. The number of β-amino-alcohol motifs (C(OH)–C–C–N with tert-alkyl or cyclic N) is 1. The minimum absolute atomic E-state index is 0.224. The third kappa shape index (κ3) is 6.42. The molecule has 1 aliphatic heterocycles. The third-order valence-corrected chi connectivity index (χ3v) is 5.76. The zero-order valence-corrected chi connectivity index (χ0v) is 16.7. The van der Waals surface area contributed by atoms with Gasteiger partial charge in [-0.2, -0.15) is 0 Å². The summed E-state index contributed by atoms with van der Waals surface area (Å²) in [5.41, 5.74) is 2.78. The number of aliphatic hydroxyl groups excluding tert-OH is 1. The quantitative estimate of drug-likeness (QED) is 0.549. The van der Waals surface area contributed by atoms with Gasteiger partial charge in [0, 0.05) is 12.5 Å². The van der Waals surface area contributed by atoms with Crippen LogP contribution in [0, 0.1) is 0 Å². The maximum atomic E-state index is 10.8. The number of likely N-dealkylation sites (tertiary alicyclic amines) is 1. The molecular formula is C23H39NO. The van der Waals surface area contributed by atoms with Crippen LogP contribution in [0.1, 0.15) is 95.1 Å². The van der Waals surface area contributed by atoms with Gasteiger partial charge in [-0.3, -0.25) is 0 Å². The van der Waals surface area contributed by atoms with Crippen molar-refractivity contribution in [1.29, 1.82) is 0 Å². The van der Waals surface area contributed by atoms with Crippen LogP contribution in [0.15, 0.2) is 24.3 Å². The maximum absolute atomic E-state index is 10.8. The van der Waals surface area contributed by atoms with Gasteiger partial charge in [-0.15, -0.1) is 0 Å². The summed E-state index contributed by atoms with van der Waals surface area (Å²) in [6, 6.07) is 8.71. The van der Waals surface area contributed by atoms with Crippen molar-refractivity contribution in [2.45, 2.75) is 90.1 Å². The van der Waals surface area contributed by atoms with E-state index in [4.69, 9.17) is 0 Å². The number of hydrogen-bond acceptors (Lipinski definition) is 2. The number of aliphatic hydroxyl groups is 1. The van der Waals surface area contributed by atoms with Crippen LogP contribution in [0.25, 0.3) is 0 Å². The van der Waals surface area contributed by atoms with E-state index < -0.39 is 0 Å². The van der Waals surface area contributed by atoms with Crippen molar-refractivity contribution in [2.75, 3.05) is 19.6 Å². The molecule has 2 atom stereocenters. The van der Waals surface area contributed by atoms with Crippen molar-refractivity contribution in [2.24, 2.45) is 0 Å². The highest BCUT2D eigenvalue weighted by Crippen LogP contribution is 2.33. The zero-order chi connectivity index (χ0) is 18.1. The van der Waals surface area contributed by atoms with Crippen molar-refractivity contribution >= 4 is 0 Å². The zero-order valence-electron chi connectivity index (χ0n) is 16.7. The van der Waals surface area contributed by atoms with E-state index in [0.29, 0.717) is 11.8 Å². The lowest BCUT2D eigenvalue weighted by Gasteiger charge is -2.37. The van der Waals surface area contributed by atoms with Gasteiger partial charge in [0.15, 0.2) is 0 Å². The van der Waals surface area contributed by atoms with Crippen LogP contribution in [0.4, 0.5) is 0 Å². The van der Waals surface area contributed by atoms with E-state index in [-0.39, 0.29) is 6.10 Å². The third-order valence-electron chi connectivity index (χ3n) is 5.76. The first kappa shape index (κ1) is 20.5. The fourth-order valence-corrected chi connectivity index (χ4v) is 4.23. The molecule has 0 amide bonds. The molecule has 0 aromatic heterocycles. The number of benzene rings is 1. The molecule has 0 radical (unpaired) electrons. The van der Waals surface area contributed by atoms with E-state index in [1.54, 1.807) is 0 Å². The highest BCUT2D eigenvalue weighted by Gasteiger charge is 2.30. The molecule has 142 valence electrons. The highest BCUT2D eigenvalue weighted by atomic mass is 16.3. The maximum Gasteiger partial charge on any atom is 0.0736 e. The fourth-order valence-electron chi connectivity index (χ4n) is 4.23. The molecule has 1 heterocycles. The molecule has 0 aliphatic carbocycles. The predicted octanol–water partition coefficient (Wildman–Crippen LogP) is 5.71. The molecule has 1 aromatic rings. The Balaban J connectivity index is 1.75. The van der Waals surface area contributed by atoms with E-state index in [0.717, 1.165) is 26.1 Å². The van der Waals surface area contributed by atoms with Gasteiger partial charge in [0.05, 0.1) is 6.10 Å². The summed E-state index contributed by atoms with van der Waals surface area (Å²) in [6.07, 6.45) is 10.4. The van der Waals surface area contributed by atoms with Crippen LogP contribution in [0.2, 0.25) is 0 Å². The molecular weight excluding hydrogens is 306 g/mol. The SMILES string of the molecule is CCCCCCCCCN1CCC(c2ccccc2C(C)C)C(O)C1. The number of unbranched alkanes of at least 4 members (excludes halogenated alkanes) is 6. The topological polar surface area (TPSA) is 23.5 Å². The van der Waals surface area contributed by atoms with Gasteiger partial charge in [-0.25, -0.2) is 0 Å². The van der Waals surface area contributed by atoms with Crippen LogP contribution < -0.4 is 0 Å². The molecule has 1 N–H and O–H groups in total. The van der Waals surface area contributed by atoms with Crippen molar-refractivity contribution < 1.29 is 5.11 Å². The molecule has 1 fully saturated rings. The Labute approximate surface area is 155 Å².